The van der Waals surface area contributed by atoms with Crippen LogP contribution in [0.25, 0.3) is 11.1 Å². The average Bonchev–Trinajstić information content (AvgIpc) is 2.27. The first-order chi connectivity index (χ1) is 4.86. The van der Waals surface area contributed by atoms with Gasteiger partial charge in [0.15, 0.2) is 5.58 Å². The Bertz CT molecular complexity index is 370. The molecule has 2 nitrogen and oxygen atoms in total. The number of aromatic amines is 1. The second-order valence-electron chi connectivity index (χ2n) is 2.01. The van der Waals surface area contributed by atoms with Crippen molar-refractivity contribution in [3.05, 3.63) is 29.1 Å². The molecule has 1 heterocycles. The van der Waals surface area contributed by atoms with Crippen molar-refractivity contribution in [3.63, 3.8) is 0 Å². The molecule has 1 N–H and O–H groups in total. The van der Waals surface area contributed by atoms with Crippen LogP contribution in [0.4, 0.5) is 0 Å². The number of hydrogen-bond donors (Lipinski definition) is 1. The second kappa shape index (κ2) is 3.54. The molecule has 0 spiro atoms. The largest absolute Gasteiger partial charge is 0.429 e. The molecule has 0 aliphatic heterocycles. The van der Waals surface area contributed by atoms with Gasteiger partial charge in [-0.1, -0.05) is 12.1 Å². The summed E-state index contributed by atoms with van der Waals surface area (Å²) in [4.78, 5) is 3.34. The topological polar surface area (TPSA) is 28.9 Å². The van der Waals surface area contributed by atoms with Crippen LogP contribution in [0.1, 0.15) is 0 Å². The van der Waals surface area contributed by atoms with Gasteiger partial charge in [-0.05, 0) is 24.4 Å². The number of oxazole rings is 1. The molecule has 1 aromatic carbocycles. The van der Waals surface area contributed by atoms with E-state index in [0.29, 0.717) is 4.84 Å². The maximum Gasteiger partial charge on any atom is 0.266 e. The van der Waals surface area contributed by atoms with E-state index >= 15 is 0 Å². The number of hydrogen-bond acceptors (Lipinski definition) is 2. The first-order valence-corrected chi connectivity index (χ1v) is 3.35. The van der Waals surface area contributed by atoms with Gasteiger partial charge in [-0.3, -0.25) is 0 Å². The molecule has 0 fully saturated rings. The Kier molecular flexibility index (Phi) is 2.90. The Morgan fingerprint density at radius 3 is 2.73 bits per heavy atom. The van der Waals surface area contributed by atoms with Crippen molar-refractivity contribution in [2.45, 2.75) is 0 Å². The molecule has 0 aliphatic carbocycles. The van der Waals surface area contributed by atoms with Gasteiger partial charge in [-0.25, -0.2) is 0 Å². The zero-order chi connectivity index (χ0) is 6.97. The number of para-hydroxylation sites is 2. The van der Waals surface area contributed by atoms with E-state index in [9.17, 15) is 0 Å². The molecule has 2 rings (SSSR count). The van der Waals surface area contributed by atoms with Crippen LogP contribution in [0.5, 0.6) is 0 Å². The molecule has 1 radical (unpaired) electrons. The van der Waals surface area contributed by atoms with Crippen LogP contribution in [0.2, 0.25) is 0 Å². The molecule has 0 amide bonds. The standard InChI is InChI=1S/C7H5NOS.Na/c10-7-8-5-3-1-2-4-6(5)9-7;/h1-4H,(H,8,10);. The number of H-pyrrole nitrogens is 1. The minimum absolute atomic E-state index is 0. The number of benzene rings is 1. The normalized spacial score (nSPS) is 9.45. The molecule has 0 bridgehead atoms. The fourth-order valence-electron chi connectivity index (χ4n) is 0.894. The van der Waals surface area contributed by atoms with Gasteiger partial charge < -0.3 is 9.40 Å². The monoisotopic (exact) mass is 174 g/mol. The van der Waals surface area contributed by atoms with E-state index < -0.39 is 0 Å². The molecule has 2 aromatic rings. The first kappa shape index (κ1) is 9.00. The number of rotatable bonds is 0. The Morgan fingerprint density at radius 1 is 1.27 bits per heavy atom. The van der Waals surface area contributed by atoms with Gasteiger partial charge in [0, 0.05) is 29.6 Å². The van der Waals surface area contributed by atoms with Crippen molar-refractivity contribution in [1.82, 2.24) is 4.98 Å². The van der Waals surface area contributed by atoms with E-state index in [1.165, 1.54) is 0 Å². The minimum atomic E-state index is 0. The molecule has 0 saturated heterocycles. The summed E-state index contributed by atoms with van der Waals surface area (Å²) in [7, 11) is 0. The van der Waals surface area contributed by atoms with Crippen LogP contribution in [-0.4, -0.2) is 34.5 Å². The van der Waals surface area contributed by atoms with Crippen LogP contribution < -0.4 is 0 Å². The molecule has 1 aromatic heterocycles. The zero-order valence-electron chi connectivity index (χ0n) is 6.13. The number of nitrogens with one attached hydrogen (secondary N) is 1. The summed E-state index contributed by atoms with van der Waals surface area (Å²) in [6.45, 7) is 0. The average molecular weight is 174 g/mol. The summed E-state index contributed by atoms with van der Waals surface area (Å²) in [5, 5.41) is 0. The SMILES string of the molecule is S=c1[nH]c2ccccc2o1.[Na]. The molecule has 0 aliphatic rings. The molecule has 11 heavy (non-hydrogen) atoms. The predicted octanol–water partition coefficient (Wildman–Crippen LogP) is 2.11. The summed E-state index contributed by atoms with van der Waals surface area (Å²) in [6, 6.07) is 7.65. The third kappa shape index (κ3) is 1.73. The summed E-state index contributed by atoms with van der Waals surface area (Å²) in [5.41, 5.74) is 1.76. The van der Waals surface area contributed by atoms with Gasteiger partial charge in [0.05, 0.1) is 5.52 Å². The van der Waals surface area contributed by atoms with Crippen LogP contribution in [0.3, 0.4) is 0 Å². The van der Waals surface area contributed by atoms with Crippen molar-refractivity contribution >= 4 is 52.9 Å². The van der Waals surface area contributed by atoms with Crippen LogP contribution in [0.15, 0.2) is 28.7 Å². The van der Waals surface area contributed by atoms with E-state index in [2.05, 4.69) is 4.98 Å². The van der Waals surface area contributed by atoms with E-state index in [1.807, 2.05) is 24.3 Å². The number of fused-ring (bicyclic) bond motifs is 1. The van der Waals surface area contributed by atoms with E-state index in [4.69, 9.17) is 16.6 Å². The molecule has 0 saturated carbocycles. The molecule has 4 heteroatoms. The van der Waals surface area contributed by atoms with Gasteiger partial charge in [0.2, 0.25) is 0 Å². The third-order valence-electron chi connectivity index (χ3n) is 1.33. The van der Waals surface area contributed by atoms with E-state index in [1.54, 1.807) is 0 Å². The maximum atomic E-state index is 5.13. The summed E-state index contributed by atoms with van der Waals surface area (Å²) in [6.07, 6.45) is 0. The Hall–Kier alpha value is -0.0900. The van der Waals surface area contributed by atoms with Gasteiger partial charge in [0.1, 0.15) is 0 Å². The maximum absolute atomic E-state index is 5.13. The van der Waals surface area contributed by atoms with Gasteiger partial charge in [-0.2, -0.15) is 0 Å². The van der Waals surface area contributed by atoms with E-state index in [0.717, 1.165) is 11.1 Å². The fourth-order valence-corrected chi connectivity index (χ4v) is 1.09. The van der Waals surface area contributed by atoms with Crippen molar-refractivity contribution in [2.24, 2.45) is 0 Å². The fraction of sp³-hybridized carbons (Fsp3) is 0. The van der Waals surface area contributed by atoms with Crippen molar-refractivity contribution in [3.8, 4) is 0 Å². The summed E-state index contributed by atoms with van der Waals surface area (Å²) in [5.74, 6) is 0. The van der Waals surface area contributed by atoms with Crippen LogP contribution >= 0.6 is 12.2 Å². The minimum Gasteiger partial charge on any atom is -0.429 e. The summed E-state index contributed by atoms with van der Waals surface area (Å²) >= 11 is 4.79. The molecule has 0 unspecified atom stereocenters. The van der Waals surface area contributed by atoms with Gasteiger partial charge >= 0.3 is 0 Å². The quantitative estimate of drug-likeness (QED) is 0.489. The number of aromatic nitrogens is 1. The summed E-state index contributed by atoms with van der Waals surface area (Å²) < 4.78 is 5.13. The van der Waals surface area contributed by atoms with Crippen molar-refractivity contribution in [2.75, 3.05) is 0 Å². The van der Waals surface area contributed by atoms with Crippen LogP contribution in [-0.2, 0) is 0 Å². The second-order valence-corrected chi connectivity index (χ2v) is 2.38. The predicted molar refractivity (Wildman–Crippen MR) is 47.2 cm³/mol. The molecular weight excluding hydrogens is 169 g/mol. The third-order valence-corrected chi connectivity index (χ3v) is 1.51. The van der Waals surface area contributed by atoms with Gasteiger partial charge in [-0.15, -0.1) is 0 Å². The van der Waals surface area contributed by atoms with Crippen molar-refractivity contribution < 1.29 is 4.42 Å². The van der Waals surface area contributed by atoms with Crippen molar-refractivity contribution in [1.29, 1.82) is 0 Å². The smallest absolute Gasteiger partial charge is 0.266 e. The van der Waals surface area contributed by atoms with Gasteiger partial charge in [0.25, 0.3) is 4.84 Å². The van der Waals surface area contributed by atoms with Crippen LogP contribution in [0, 0.1) is 4.84 Å². The first-order valence-electron chi connectivity index (χ1n) is 2.94. The molecule has 0 atom stereocenters. The van der Waals surface area contributed by atoms with E-state index in [-0.39, 0.29) is 29.6 Å². The Labute approximate surface area is 90.9 Å². The zero-order valence-corrected chi connectivity index (χ0v) is 8.94. The molecule has 51 valence electrons. The Balaban J connectivity index is 0.000000605. The Morgan fingerprint density at radius 2 is 2.00 bits per heavy atom. The molecular formula is C7H5NNaOS.